The molecule has 144 heavy (non-hydrogen) atoms. The maximum atomic E-state index is 12.8. The molecule has 784 valence electrons. The summed E-state index contributed by atoms with van der Waals surface area (Å²) in [5.74, 6) is 4.35. The summed E-state index contributed by atoms with van der Waals surface area (Å²) < 4.78 is 177. The smallest absolute Gasteiger partial charge is 0.390 e. The third-order valence-corrected chi connectivity index (χ3v) is 34.8. The fourth-order valence-electron chi connectivity index (χ4n) is 17.6. The molecule has 17 N–H and O–H groups in total. The lowest BCUT2D eigenvalue weighted by molar-refractivity contribution is -0.437. The van der Waals surface area contributed by atoms with Crippen LogP contribution in [0.25, 0.3) is 0 Å². The number of thioether (sulfide) groups is 1. The van der Waals surface area contributed by atoms with Gasteiger partial charge in [-0.15, -0.1) is 0 Å². The number of aromatic amines is 1. The SMILES string of the molecule is CC1(C)C(/C=C/C=C/C=C2/N(CCCCCC(=O)NC/C=C/C3=CN([C@H]4CC(O)[C@@H](COP(=O)(O)OP(=O)(O)OP(=O)(O)O)O4)C(=O)CC3=O)c3ccc(S(=O)(=O)O)cc3C2(C)C)=[N+](CN)c2ccc(S(=O)(=O)O)cc21.CCN1C(=CC=CC2=[N+](CCCSCC(=O)NCC#Cc3cn([C@H]4CC(O)[C@@H](COP(=O)(O)OP(=O)(O)OP(=O)(O)O)O4)c(=O)[nH]c3=O)c3ccc(C)cc3C2(C)C)C(C)(C)c2cc(C)ccc21. The van der Waals surface area contributed by atoms with Crippen LogP contribution >= 0.6 is 58.7 Å². The number of aliphatic hydroxyl groups is 2. The van der Waals surface area contributed by atoms with Gasteiger partial charge in [0.05, 0.1) is 64.8 Å². The molecular formula is C89H116N10O36P6S3+2. The lowest BCUT2D eigenvalue weighted by Gasteiger charge is -2.28. The van der Waals surface area contributed by atoms with Gasteiger partial charge < -0.3 is 79.3 Å². The van der Waals surface area contributed by atoms with Crippen molar-refractivity contribution in [1.82, 2.24) is 25.1 Å². The zero-order valence-electron chi connectivity index (χ0n) is 79.9. The number of nitrogens with two attached hydrogens (primary N) is 1. The minimum absolute atomic E-state index is 0.00862. The van der Waals surface area contributed by atoms with E-state index in [4.69, 9.17) is 34.8 Å². The van der Waals surface area contributed by atoms with Crippen molar-refractivity contribution in [1.29, 1.82) is 0 Å². The number of aromatic nitrogens is 2. The number of H-pyrrole nitrogens is 1. The Kier molecular flexibility index (Phi) is 36.9. The van der Waals surface area contributed by atoms with Gasteiger partial charge in [0, 0.05) is 132 Å². The van der Waals surface area contributed by atoms with Crippen LogP contribution in [0.1, 0.15) is 159 Å². The molecule has 10 atom stereocenters. The maximum absolute atomic E-state index is 12.8. The predicted molar refractivity (Wildman–Crippen MR) is 526 cm³/mol. The monoisotopic (exact) mass is 2180 g/mol. The Morgan fingerprint density at radius 2 is 1.12 bits per heavy atom. The molecule has 0 saturated carbocycles. The van der Waals surface area contributed by atoms with Crippen LogP contribution in [0, 0.1) is 25.7 Å². The van der Waals surface area contributed by atoms with E-state index >= 15 is 0 Å². The van der Waals surface area contributed by atoms with Crippen molar-refractivity contribution in [3.8, 4) is 11.8 Å². The average molecular weight is 2180 g/mol. The molecule has 4 aromatic carbocycles. The van der Waals surface area contributed by atoms with Gasteiger partial charge >= 0.3 is 52.6 Å². The van der Waals surface area contributed by atoms with Crippen molar-refractivity contribution in [2.24, 2.45) is 5.73 Å². The van der Waals surface area contributed by atoms with Gasteiger partial charge in [0.15, 0.2) is 17.2 Å². The molecule has 0 spiro atoms. The first kappa shape index (κ1) is 115. The van der Waals surface area contributed by atoms with E-state index in [1.54, 1.807) is 12.1 Å². The number of fused-ring (bicyclic) bond motifs is 4. The predicted octanol–water partition coefficient (Wildman–Crippen LogP) is 9.07. The molecule has 7 aliphatic heterocycles. The minimum Gasteiger partial charge on any atom is -0.390 e. The number of carbonyl (C=O) groups excluding carboxylic acids is 4. The maximum Gasteiger partial charge on any atom is 0.490 e. The molecule has 0 radical (unpaired) electrons. The van der Waals surface area contributed by atoms with E-state index in [9.17, 15) is 112 Å². The molecular weight excluding hydrogens is 2070 g/mol. The number of aryl methyl sites for hydroxylation is 2. The first-order valence-corrected chi connectivity index (χ1v) is 57.8. The second-order valence-electron chi connectivity index (χ2n) is 36.3. The third kappa shape index (κ3) is 29.0. The molecule has 12 rings (SSSR count). The largest absolute Gasteiger partial charge is 0.490 e. The van der Waals surface area contributed by atoms with Crippen molar-refractivity contribution in [2.75, 3.05) is 73.9 Å². The highest BCUT2D eigenvalue weighted by molar-refractivity contribution is 7.99. The Balaban J connectivity index is 0.000000276. The van der Waals surface area contributed by atoms with Crippen LogP contribution in [0.5, 0.6) is 0 Å². The number of unbranched alkanes of at least 4 members (excludes halogenated alkanes) is 2. The highest BCUT2D eigenvalue weighted by Crippen LogP contribution is 2.68. The molecule has 2 fully saturated rings. The number of anilines is 2. The summed E-state index contributed by atoms with van der Waals surface area (Å²) in [6, 6.07) is 22.0. The Morgan fingerprint density at radius 1 is 0.604 bits per heavy atom. The second-order valence-corrected chi connectivity index (χ2v) is 49.1. The van der Waals surface area contributed by atoms with Gasteiger partial charge in [-0.3, -0.25) is 62.3 Å². The highest BCUT2D eigenvalue weighted by Gasteiger charge is 2.51. The van der Waals surface area contributed by atoms with Gasteiger partial charge in [0.1, 0.15) is 36.8 Å². The molecule has 5 aromatic rings. The molecule has 0 aliphatic carbocycles. The molecule has 2 saturated heterocycles. The summed E-state index contributed by atoms with van der Waals surface area (Å²) in [5, 5.41) is 26.4. The number of phosphoric acid groups is 6. The van der Waals surface area contributed by atoms with E-state index in [1.165, 1.54) is 93.2 Å². The second kappa shape index (κ2) is 46.1. The van der Waals surface area contributed by atoms with Crippen LogP contribution in [-0.2, 0) is 124 Å². The third-order valence-electron chi connectivity index (χ3n) is 24.5. The number of amides is 3. The van der Waals surface area contributed by atoms with Crippen molar-refractivity contribution >= 4 is 137 Å². The normalized spacial score (nSPS) is 22.5. The van der Waals surface area contributed by atoms with Crippen LogP contribution in [-0.4, -0.2) is 229 Å². The fourth-order valence-corrected chi connectivity index (χ4v) is 25.5. The number of carbonyl (C=O) groups is 4. The first-order chi connectivity index (χ1) is 66.9. The van der Waals surface area contributed by atoms with Crippen LogP contribution in [0.15, 0.2) is 182 Å². The van der Waals surface area contributed by atoms with Crippen molar-refractivity contribution in [2.45, 2.75) is 196 Å². The minimum atomic E-state index is -5.80. The standard InChI is InChI=1S/C45H58N5O21P3S2.C44H56N5O15P3S/c1-44(2)32-22-30(75(62,63)64)16-18-34(32)48(39(44)13-7-5-8-14-40-45(3,4)33-23-31(76(65,66)67)17-19-35(33)50(40)28-46)21-10-6-9-15-41(53)47-20-11-12-29-26-49(42(54)24-36(29)51)43-25-37(52)38(69-43)27-68-73(58,59)71-74(60,61)70-72(55,56)57;1-8-47-33-17-15-28(2)22-31(33)43(4,5)37(47)13-9-14-38-44(6,7)32-23-29(3)16-18-34(32)48(38)20-11-21-68-27-39(51)45-19-10-12-30-25-49(42(53)46-41(30)52)40-24-35(50)36(62-40)26-61-66(57,58)64-67(59,60)63-65(54,55)56/h5,7-8,11-14,16-19,22-23,26,37-38,43,52H,6,9-10,15,20-21,24-25,27-28,46H2,1-4H3,(H6-,47,53,55,56,57,58,59,60,61,62,63,64,65,66,67);9,13-18,22-23,25,35-36,40,50H,8,11,19-21,24,26-27H2,1-7H3,(H5-,45,46,51,52,53,54,55,56,57,58,59,60)/p+2/b12-11+;/t37?,38-,43-;35?,36-,40-/m11/s1. The number of allylic oxidation sites excluding steroid dienone is 12. The number of hydrogen-bond donors (Lipinski definition) is 16. The topological polar surface area (TPSA) is 676 Å². The number of ether oxygens (including phenoxy) is 2. The Morgan fingerprint density at radius 3 is 1.72 bits per heavy atom. The van der Waals surface area contributed by atoms with Gasteiger partial charge in [0.25, 0.3) is 25.8 Å². The number of likely N-dealkylation sites (N-methyl/N-ethyl adjacent to an activating group) is 1. The fraction of sp³-hybridized carbons (Fsp3) is 0.438. The molecule has 6 unspecified atom stereocenters. The lowest BCUT2D eigenvalue weighted by Crippen LogP contribution is -2.41. The molecule has 7 aliphatic rings. The summed E-state index contributed by atoms with van der Waals surface area (Å²) in [7, 11) is -42.8. The lowest BCUT2D eigenvalue weighted by atomic mass is 9.80. The quantitative estimate of drug-likeness (QED) is 0.00330. The molecule has 3 amide bonds. The van der Waals surface area contributed by atoms with Crippen molar-refractivity contribution in [3.05, 3.63) is 223 Å². The Labute approximate surface area is 833 Å². The molecule has 1 aromatic heterocycles. The Hall–Kier alpha value is -8.89. The van der Waals surface area contributed by atoms with E-state index in [0.717, 1.165) is 58.5 Å². The first-order valence-electron chi connectivity index (χ1n) is 44.8. The van der Waals surface area contributed by atoms with E-state index in [1.807, 2.05) is 62.7 Å². The van der Waals surface area contributed by atoms with E-state index in [2.05, 4.69) is 171 Å². The number of aliphatic hydroxyl groups excluding tert-OH is 2. The highest BCUT2D eigenvalue weighted by atomic mass is 32.2. The molecule has 55 heteroatoms. The number of nitrogens with zero attached hydrogens (tertiary/aromatic N) is 6. The van der Waals surface area contributed by atoms with Crippen LogP contribution in [0.4, 0.5) is 22.7 Å². The van der Waals surface area contributed by atoms with E-state index in [0.29, 0.717) is 48.4 Å². The summed E-state index contributed by atoms with van der Waals surface area (Å²) in [6.07, 6.45) is 14.3. The van der Waals surface area contributed by atoms with Crippen molar-refractivity contribution in [3.63, 3.8) is 0 Å². The number of rotatable bonds is 41. The number of phosphoric ester groups is 2. The van der Waals surface area contributed by atoms with Crippen LogP contribution in [0.3, 0.4) is 0 Å². The van der Waals surface area contributed by atoms with Gasteiger partial charge in [-0.05, 0) is 133 Å². The van der Waals surface area contributed by atoms with Gasteiger partial charge in [0.2, 0.25) is 35.8 Å². The zero-order valence-corrected chi connectivity index (χ0v) is 87.7. The number of Topliss-reactive ketones (excluding diaryl/α,β-unsaturated/α-hetero) is 1. The summed E-state index contributed by atoms with van der Waals surface area (Å²) >= 11 is 1.49. The summed E-state index contributed by atoms with van der Waals surface area (Å²) in [5.41, 5.74) is 16.8. The Bertz CT molecular complexity index is 6900. The van der Waals surface area contributed by atoms with Gasteiger partial charge in [-0.1, -0.05) is 112 Å². The number of nitrogens with one attached hydrogen (secondary N) is 3. The molecule has 46 nitrogen and oxygen atoms in total. The van der Waals surface area contributed by atoms with E-state index in [-0.39, 0.29) is 88.3 Å². The molecule has 0 bridgehead atoms. The summed E-state index contributed by atoms with van der Waals surface area (Å²) in [4.78, 5) is 156. The van der Waals surface area contributed by atoms with Crippen LogP contribution in [0.2, 0.25) is 0 Å². The molecule has 8 heterocycles. The van der Waals surface area contributed by atoms with Gasteiger partial charge in [-0.25, -0.2) is 32.2 Å². The number of benzene rings is 4. The number of ketones is 1. The van der Waals surface area contributed by atoms with E-state index < -0.39 is 157 Å². The average Bonchev–Trinajstić information content (AvgIpc) is 1.59. The van der Waals surface area contributed by atoms with Crippen LogP contribution < -0.4 is 37.4 Å². The number of hydrogen-bond acceptors (Lipinski definition) is 30. The van der Waals surface area contributed by atoms with Crippen molar-refractivity contribution < 1.29 is 167 Å². The summed E-state index contributed by atoms with van der Waals surface area (Å²) in [6.45, 7) is 23.4. The van der Waals surface area contributed by atoms with Gasteiger partial charge in [-0.2, -0.15) is 55.0 Å². The zero-order chi connectivity index (χ0) is 106.